The summed E-state index contributed by atoms with van der Waals surface area (Å²) in [5.74, 6) is 5.66. The zero-order chi connectivity index (χ0) is 76.2. The van der Waals surface area contributed by atoms with E-state index in [0.29, 0.717) is 97.4 Å². The number of phenols is 1. The first-order valence-electron chi connectivity index (χ1n) is 38.1. The molecule has 590 valence electrons. The van der Waals surface area contributed by atoms with Crippen LogP contribution in [0.4, 0.5) is 17.6 Å². The number of hydrogen-bond acceptors (Lipinski definition) is 6. The number of benzene rings is 12. The first kappa shape index (κ1) is 87.7. The van der Waals surface area contributed by atoms with Crippen LogP contribution in [0.2, 0.25) is 0 Å². The number of phenolic OH excluding ortho intramolecular Hbond substituents is 1. The van der Waals surface area contributed by atoms with E-state index < -0.39 is 0 Å². The first-order valence-corrected chi connectivity index (χ1v) is 38.1. The predicted octanol–water partition coefficient (Wildman–Crippen LogP) is 22.7. The molecule has 0 radical (unpaired) electrons. The quantitative estimate of drug-likeness (QED) is 0.0815. The van der Waals surface area contributed by atoms with Crippen molar-refractivity contribution in [3.63, 3.8) is 0 Å². The molecule has 0 aliphatic carbocycles. The number of aromatic hydroxyl groups is 1. The molecule has 4 aliphatic rings. The van der Waals surface area contributed by atoms with Gasteiger partial charge in [0.25, 0.3) is 0 Å². The topological polar surface area (TPSA) is 66.4 Å². The standard InChI is InChI=1S/C26H24F2O2.C25H22F2O2.C25H24O.C23H20O.CH4.4CH3/c1-4-6-17-12-24-20(14-22(17)27)26(16-8-10-19(29-3)11-9-16)21-15-23(28)18(7-5-2)13-25(21)30-24;1-3-5-16-11-23-19(13-21(16)26)25(15-7-9-18(28)10-8-15)20-14-22(27)17(6-4-2)12-24(20)29-23;1-3-8-18-12-14-21-23(16-18)26-24-17-19(9-4-2)13-15-22(24)25(21)20-10-6-5-7-11-20;1-3-16-10-12-19-21(14-16)24-22-15-17(4-2)11-13-20(22)23(19)18-8-6-5-7-9-18;;;;;/h6,8-15H,4-5,7H2,1-3H3;5,7-14,28H,3-4,6H2,1-2H3;5-8,10-17H,3-4,9H2,1-2H3;3,5-15H,4H2,1-2H3;1H4;4*1H3/q;;;;;4*-1/b17-6-;16-5-;18-8+;16-3+;;;;;. The Balaban J connectivity index is 0.000000188. The van der Waals surface area contributed by atoms with E-state index in [0.717, 1.165) is 89.2 Å². The maximum Gasteiger partial charge on any atom is 0.136 e. The van der Waals surface area contributed by atoms with Crippen molar-refractivity contribution >= 4 is 46.6 Å². The van der Waals surface area contributed by atoms with Crippen molar-refractivity contribution in [1.82, 2.24) is 0 Å². The van der Waals surface area contributed by atoms with Gasteiger partial charge in [-0.05, 0) is 210 Å². The minimum Gasteiger partial charge on any atom is -0.508 e. The van der Waals surface area contributed by atoms with E-state index in [-0.39, 0.29) is 66.2 Å². The van der Waals surface area contributed by atoms with Crippen LogP contribution in [0.5, 0.6) is 57.5 Å². The van der Waals surface area contributed by atoms with E-state index in [2.05, 4.69) is 173 Å². The summed E-state index contributed by atoms with van der Waals surface area (Å²) in [5, 5.41) is 16.5. The van der Waals surface area contributed by atoms with Crippen molar-refractivity contribution in [2.75, 3.05) is 7.11 Å². The molecule has 12 aromatic carbocycles. The summed E-state index contributed by atoms with van der Waals surface area (Å²) in [4.78, 5) is 0. The third-order valence-corrected chi connectivity index (χ3v) is 19.9. The fourth-order valence-electron chi connectivity index (χ4n) is 14.6. The minimum absolute atomic E-state index is 0. The zero-order valence-electron chi connectivity index (χ0n) is 67.3. The lowest BCUT2D eigenvalue weighted by molar-refractivity contribution is 0.415. The van der Waals surface area contributed by atoms with Crippen molar-refractivity contribution in [2.45, 2.75) is 127 Å². The molecule has 12 aromatic rings. The van der Waals surface area contributed by atoms with Crippen molar-refractivity contribution in [1.29, 1.82) is 0 Å². The van der Waals surface area contributed by atoms with Crippen LogP contribution in [0.1, 0.15) is 168 Å². The molecule has 0 aromatic heterocycles. The molecule has 16 rings (SSSR count). The van der Waals surface area contributed by atoms with E-state index in [1.807, 2.05) is 64.1 Å². The summed E-state index contributed by atoms with van der Waals surface area (Å²) < 4.78 is 89.3. The van der Waals surface area contributed by atoms with Crippen LogP contribution in [-0.4, -0.2) is 12.2 Å². The molecular weight excluding hydrogens is 1420 g/mol. The zero-order valence-corrected chi connectivity index (χ0v) is 67.3. The van der Waals surface area contributed by atoms with Crippen molar-refractivity contribution < 1.29 is 46.4 Å². The predicted molar refractivity (Wildman–Crippen MR) is 467 cm³/mol. The van der Waals surface area contributed by atoms with Crippen molar-refractivity contribution in [2.24, 2.45) is 0 Å². The molecule has 0 unspecified atom stereocenters. The maximum atomic E-state index is 14.8. The number of hydrogen-bond donors (Lipinski definition) is 1. The van der Waals surface area contributed by atoms with Gasteiger partial charge in [-0.3, -0.25) is 0 Å². The number of methoxy groups -OCH3 is 1. The number of fused-ring (bicyclic) bond motifs is 8. The first-order chi connectivity index (χ1) is 53.2. The molecule has 114 heavy (non-hydrogen) atoms. The normalized spacial score (nSPS) is 12.5. The molecule has 0 saturated carbocycles. The Labute approximate surface area is 672 Å². The lowest BCUT2D eigenvalue weighted by Crippen LogP contribution is -2.22. The van der Waals surface area contributed by atoms with Gasteiger partial charge in [-0.15, -0.1) is 0 Å². The lowest BCUT2D eigenvalue weighted by Gasteiger charge is -2.22. The van der Waals surface area contributed by atoms with E-state index in [4.69, 9.17) is 23.7 Å². The Hall–Kier alpha value is -11.9. The second-order valence-electron chi connectivity index (χ2n) is 27.4. The summed E-state index contributed by atoms with van der Waals surface area (Å²) >= 11 is 0. The third kappa shape index (κ3) is 18.9. The number of ether oxygens (including phenoxy) is 5. The van der Waals surface area contributed by atoms with Gasteiger partial charge in [0.1, 0.15) is 80.8 Å². The van der Waals surface area contributed by atoms with Gasteiger partial charge in [0.05, 0.1) is 7.11 Å². The minimum atomic E-state index is -0.350. The van der Waals surface area contributed by atoms with Crippen LogP contribution >= 0.6 is 0 Å². The highest BCUT2D eigenvalue weighted by atomic mass is 19.1. The Kier molecular flexibility index (Phi) is 30.8. The van der Waals surface area contributed by atoms with E-state index >= 15 is 0 Å². The van der Waals surface area contributed by atoms with Gasteiger partial charge < -0.3 is 58.5 Å². The Bertz CT molecular complexity index is 5930. The highest BCUT2D eigenvalue weighted by Gasteiger charge is 2.27. The summed E-state index contributed by atoms with van der Waals surface area (Å²) in [6.07, 6.45) is 16.5. The Morgan fingerprint density at radius 1 is 0.342 bits per heavy atom. The molecular formula is C104H106F4O6-4. The molecule has 4 aliphatic heterocycles. The average molecular weight is 1530 g/mol. The van der Waals surface area contributed by atoms with Crippen LogP contribution in [0.25, 0.3) is 46.6 Å². The van der Waals surface area contributed by atoms with Gasteiger partial charge >= 0.3 is 0 Å². The molecule has 0 bridgehead atoms. The number of halogens is 4. The summed E-state index contributed by atoms with van der Waals surface area (Å²) in [6, 6.07) is 74.3. The molecule has 10 heteroatoms. The summed E-state index contributed by atoms with van der Waals surface area (Å²) in [6.45, 7) is 16.5. The molecule has 1 N–H and O–H groups in total. The van der Waals surface area contributed by atoms with Gasteiger partial charge in [-0.2, -0.15) is 0 Å². The van der Waals surface area contributed by atoms with Gasteiger partial charge in [-0.1, -0.05) is 227 Å². The highest BCUT2D eigenvalue weighted by Crippen LogP contribution is 2.42. The molecule has 4 heterocycles. The number of rotatable bonds is 15. The van der Waals surface area contributed by atoms with Gasteiger partial charge in [-0.25, -0.2) is 17.6 Å². The van der Waals surface area contributed by atoms with Gasteiger partial charge in [0.15, 0.2) is 0 Å². The van der Waals surface area contributed by atoms with E-state index in [1.54, 1.807) is 55.6 Å². The lowest BCUT2D eigenvalue weighted by atomic mass is 9.91. The smallest absolute Gasteiger partial charge is 0.136 e. The SMILES string of the molecule is C.C/C=c1\ccc2c(c1)Oc1cc(CC)ccc1C=2c1ccccc1.CC/C=c1/cc2c(cc1F)=C(c1ccc(O)cc1)c1cc(F)c(CCC)cc1O2.CC/C=c1/cc2c(cc1F)=C(c1ccc(OC)cc1)c1cc(F)c(CCC)cc1O2.CC/C=c1\ccc2c(c1)Oc1cc(CCC)ccc1C=2c1ccccc1.[CH3-].[CH3-].[CH3-].[CH3-]. The monoisotopic (exact) mass is 1530 g/mol. The molecule has 0 atom stereocenters. The van der Waals surface area contributed by atoms with Crippen LogP contribution in [-0.2, 0) is 25.7 Å². The molecule has 6 nitrogen and oxygen atoms in total. The Morgan fingerprint density at radius 2 is 0.728 bits per heavy atom. The van der Waals surface area contributed by atoms with Crippen LogP contribution in [0, 0.1) is 53.0 Å². The molecule has 0 fully saturated rings. The fraction of sp³-hybridized carbons (Fsp3) is 0.192. The van der Waals surface area contributed by atoms with Gasteiger partial charge in [0.2, 0.25) is 0 Å². The summed E-state index contributed by atoms with van der Waals surface area (Å²) in [5.41, 5.74) is 15.4. The Morgan fingerprint density at radius 3 is 1.15 bits per heavy atom. The molecule has 0 saturated heterocycles. The van der Waals surface area contributed by atoms with Crippen LogP contribution in [0.3, 0.4) is 0 Å². The fourth-order valence-corrected chi connectivity index (χ4v) is 14.6. The van der Waals surface area contributed by atoms with E-state index in [1.165, 1.54) is 84.4 Å². The second-order valence-corrected chi connectivity index (χ2v) is 27.4. The molecule has 0 spiro atoms. The summed E-state index contributed by atoms with van der Waals surface area (Å²) in [7, 11) is 1.60. The largest absolute Gasteiger partial charge is 0.508 e. The third-order valence-electron chi connectivity index (χ3n) is 19.9. The van der Waals surface area contributed by atoms with E-state index in [9.17, 15) is 22.7 Å². The highest BCUT2D eigenvalue weighted by molar-refractivity contribution is 5.89. The van der Waals surface area contributed by atoms with Crippen molar-refractivity contribution in [3.05, 3.63) is 392 Å². The second kappa shape index (κ2) is 40.0. The maximum absolute atomic E-state index is 14.8. The van der Waals surface area contributed by atoms with Crippen LogP contribution in [0.15, 0.2) is 231 Å². The molecule has 0 amide bonds. The average Bonchev–Trinajstić information content (AvgIpc) is 0.738. The number of aryl methyl sites for hydroxylation is 4. The van der Waals surface area contributed by atoms with Crippen molar-refractivity contribution in [3.8, 4) is 57.5 Å². The van der Waals surface area contributed by atoms with Gasteiger partial charge in [0, 0.05) is 75.9 Å². The van der Waals surface area contributed by atoms with Crippen LogP contribution < -0.4 is 65.4 Å².